The van der Waals surface area contributed by atoms with E-state index in [2.05, 4.69) is 47.9 Å². The topological polar surface area (TPSA) is 41.1 Å². The fourth-order valence-electron chi connectivity index (χ4n) is 1.86. The molecule has 1 aromatic heterocycles. The van der Waals surface area contributed by atoms with Crippen molar-refractivity contribution < 1.29 is 0 Å². The first-order valence-electron chi connectivity index (χ1n) is 7.06. The minimum atomic E-state index is 0.515. The van der Waals surface area contributed by atoms with Gasteiger partial charge in [0, 0.05) is 25.3 Å². The van der Waals surface area contributed by atoms with Crippen LogP contribution in [0.1, 0.15) is 47.0 Å². The summed E-state index contributed by atoms with van der Waals surface area (Å²) in [6.45, 7) is 10.7. The molecule has 4 heteroatoms. The highest BCUT2D eigenvalue weighted by atomic mass is 15.2. The Balaban J connectivity index is 2.85. The van der Waals surface area contributed by atoms with Crippen LogP contribution in [-0.2, 0) is 0 Å². The van der Waals surface area contributed by atoms with Crippen LogP contribution in [0, 0.1) is 0 Å². The number of anilines is 2. The monoisotopic (exact) mass is 250 g/mol. The molecular weight excluding hydrogens is 224 g/mol. The van der Waals surface area contributed by atoms with Crippen LogP contribution in [0.15, 0.2) is 12.3 Å². The Morgan fingerprint density at radius 3 is 2.72 bits per heavy atom. The largest absolute Gasteiger partial charge is 0.354 e. The summed E-state index contributed by atoms with van der Waals surface area (Å²) >= 11 is 0. The summed E-state index contributed by atoms with van der Waals surface area (Å²) in [6, 6.07) is 2.52. The lowest BCUT2D eigenvalue weighted by Gasteiger charge is -2.29. The summed E-state index contributed by atoms with van der Waals surface area (Å²) in [5.41, 5.74) is 0. The average Bonchev–Trinajstić information content (AvgIpc) is 2.39. The summed E-state index contributed by atoms with van der Waals surface area (Å²) in [5, 5.41) is 3.17. The third-order valence-corrected chi connectivity index (χ3v) is 3.15. The lowest BCUT2D eigenvalue weighted by atomic mass is 10.2. The summed E-state index contributed by atoms with van der Waals surface area (Å²) in [7, 11) is 0. The molecule has 0 saturated heterocycles. The van der Waals surface area contributed by atoms with Crippen molar-refractivity contribution in [3.05, 3.63) is 12.3 Å². The molecule has 1 atom stereocenters. The molecule has 0 bridgehead atoms. The first-order valence-corrected chi connectivity index (χ1v) is 7.06. The normalized spacial score (nSPS) is 12.2. The molecule has 0 spiro atoms. The van der Waals surface area contributed by atoms with E-state index in [1.54, 1.807) is 0 Å². The second kappa shape index (κ2) is 7.90. The maximum absolute atomic E-state index is 4.59. The number of aromatic nitrogens is 2. The van der Waals surface area contributed by atoms with Crippen molar-refractivity contribution in [3.63, 3.8) is 0 Å². The molecule has 1 rings (SSSR count). The maximum atomic E-state index is 4.59. The third kappa shape index (κ3) is 4.17. The van der Waals surface area contributed by atoms with E-state index < -0.39 is 0 Å². The van der Waals surface area contributed by atoms with E-state index in [1.165, 1.54) is 12.8 Å². The van der Waals surface area contributed by atoms with Crippen LogP contribution in [0.25, 0.3) is 0 Å². The first kappa shape index (κ1) is 14.7. The van der Waals surface area contributed by atoms with E-state index in [-0.39, 0.29) is 0 Å². The van der Waals surface area contributed by atoms with Crippen molar-refractivity contribution in [3.8, 4) is 0 Å². The number of hydrogen-bond donors (Lipinski definition) is 1. The van der Waals surface area contributed by atoms with Gasteiger partial charge in [0.15, 0.2) is 0 Å². The molecule has 0 aliphatic rings. The minimum Gasteiger partial charge on any atom is -0.354 e. The Morgan fingerprint density at radius 2 is 2.11 bits per heavy atom. The Labute approximate surface area is 111 Å². The van der Waals surface area contributed by atoms with Crippen molar-refractivity contribution in [2.24, 2.45) is 0 Å². The molecule has 1 unspecified atom stereocenters. The molecule has 102 valence electrons. The minimum absolute atomic E-state index is 0.515. The molecule has 18 heavy (non-hydrogen) atoms. The van der Waals surface area contributed by atoms with E-state index in [9.17, 15) is 0 Å². The van der Waals surface area contributed by atoms with Crippen LogP contribution in [0.5, 0.6) is 0 Å². The van der Waals surface area contributed by atoms with Gasteiger partial charge in [0.05, 0.1) is 0 Å². The maximum Gasteiger partial charge on any atom is 0.224 e. The first-order chi connectivity index (χ1) is 8.72. The molecule has 1 N–H and O–H groups in total. The number of unbranched alkanes of at least 4 members (excludes halogenated alkanes) is 1. The Bertz CT molecular complexity index is 340. The molecule has 0 saturated carbocycles. The molecule has 0 amide bonds. The van der Waals surface area contributed by atoms with Crippen LogP contribution in [0.2, 0.25) is 0 Å². The zero-order valence-electron chi connectivity index (χ0n) is 12.1. The van der Waals surface area contributed by atoms with Gasteiger partial charge in [-0.15, -0.1) is 0 Å². The zero-order chi connectivity index (χ0) is 13.4. The van der Waals surface area contributed by atoms with Gasteiger partial charge >= 0.3 is 0 Å². The van der Waals surface area contributed by atoms with Crippen molar-refractivity contribution in [2.45, 2.75) is 53.0 Å². The van der Waals surface area contributed by atoms with Gasteiger partial charge in [-0.1, -0.05) is 20.3 Å². The van der Waals surface area contributed by atoms with E-state index in [1.807, 2.05) is 12.3 Å². The molecule has 0 aliphatic heterocycles. The lowest BCUT2D eigenvalue weighted by Crippen LogP contribution is -2.34. The summed E-state index contributed by atoms with van der Waals surface area (Å²) in [6.07, 6.45) is 5.37. The van der Waals surface area contributed by atoms with Crippen LogP contribution < -0.4 is 10.2 Å². The van der Waals surface area contributed by atoms with E-state index in [0.29, 0.717) is 6.04 Å². The highest BCUT2D eigenvalue weighted by Gasteiger charge is 2.14. The van der Waals surface area contributed by atoms with Gasteiger partial charge < -0.3 is 10.2 Å². The predicted octanol–water partition coefficient (Wildman–Crippen LogP) is 3.31. The number of nitrogens with one attached hydrogen (secondary N) is 1. The second-order valence-electron chi connectivity index (χ2n) is 4.57. The number of rotatable bonds is 8. The molecule has 0 aromatic carbocycles. The molecule has 0 aliphatic carbocycles. The van der Waals surface area contributed by atoms with E-state index in [0.717, 1.165) is 31.3 Å². The fourth-order valence-corrected chi connectivity index (χ4v) is 1.86. The summed E-state index contributed by atoms with van der Waals surface area (Å²) < 4.78 is 0. The van der Waals surface area contributed by atoms with Crippen molar-refractivity contribution in [1.29, 1.82) is 0 Å². The van der Waals surface area contributed by atoms with Gasteiger partial charge in [-0.25, -0.2) is 4.98 Å². The molecule has 0 radical (unpaired) electrons. The molecule has 4 nitrogen and oxygen atoms in total. The van der Waals surface area contributed by atoms with Crippen molar-refractivity contribution in [1.82, 2.24) is 9.97 Å². The van der Waals surface area contributed by atoms with Crippen LogP contribution >= 0.6 is 0 Å². The molecule has 1 aromatic rings. The van der Waals surface area contributed by atoms with Crippen molar-refractivity contribution in [2.75, 3.05) is 23.3 Å². The average molecular weight is 250 g/mol. The van der Waals surface area contributed by atoms with Gasteiger partial charge in [-0.3, -0.25) is 0 Å². The highest BCUT2D eigenvalue weighted by molar-refractivity contribution is 5.43. The fraction of sp³-hybridized carbons (Fsp3) is 0.714. The van der Waals surface area contributed by atoms with Crippen LogP contribution in [-0.4, -0.2) is 29.1 Å². The summed E-state index contributed by atoms with van der Waals surface area (Å²) in [5.74, 6) is 1.75. The van der Waals surface area contributed by atoms with Gasteiger partial charge in [0.2, 0.25) is 5.95 Å². The van der Waals surface area contributed by atoms with Crippen molar-refractivity contribution >= 4 is 11.8 Å². The zero-order valence-corrected chi connectivity index (χ0v) is 12.1. The van der Waals surface area contributed by atoms with Gasteiger partial charge in [-0.2, -0.15) is 4.98 Å². The van der Waals surface area contributed by atoms with Gasteiger partial charge in [0.1, 0.15) is 5.82 Å². The van der Waals surface area contributed by atoms with E-state index >= 15 is 0 Å². The second-order valence-corrected chi connectivity index (χ2v) is 4.57. The van der Waals surface area contributed by atoms with Gasteiger partial charge in [0.25, 0.3) is 0 Å². The Kier molecular flexibility index (Phi) is 6.47. The van der Waals surface area contributed by atoms with Crippen LogP contribution in [0.3, 0.4) is 0 Å². The molecule has 0 fully saturated rings. The predicted molar refractivity (Wildman–Crippen MR) is 78.2 cm³/mol. The smallest absolute Gasteiger partial charge is 0.224 e. The highest BCUT2D eigenvalue weighted by Crippen LogP contribution is 2.17. The standard InChI is InChI=1S/C14H26N4/c1-5-8-11-18(12(4)6-2)13-9-10-16-14(17-13)15-7-3/h9-10,12H,5-8,11H2,1-4H3,(H,15,16,17). The number of hydrogen-bond acceptors (Lipinski definition) is 4. The molecule has 1 heterocycles. The Morgan fingerprint density at radius 1 is 1.33 bits per heavy atom. The number of nitrogens with zero attached hydrogens (tertiary/aromatic N) is 3. The third-order valence-electron chi connectivity index (χ3n) is 3.15. The van der Waals surface area contributed by atoms with Crippen LogP contribution in [0.4, 0.5) is 11.8 Å². The quantitative estimate of drug-likeness (QED) is 0.768. The van der Waals surface area contributed by atoms with E-state index in [4.69, 9.17) is 0 Å². The lowest BCUT2D eigenvalue weighted by molar-refractivity contribution is 0.589. The SMILES string of the molecule is CCCCN(c1ccnc(NCC)n1)C(C)CC. The van der Waals surface area contributed by atoms with Gasteiger partial charge in [-0.05, 0) is 32.8 Å². The summed E-state index contributed by atoms with van der Waals surface area (Å²) in [4.78, 5) is 11.2. The molecular formula is C14H26N4. The Hall–Kier alpha value is -1.32.